The first kappa shape index (κ1) is 14.7. The number of furan rings is 1. The minimum Gasteiger partial charge on any atom is -0.480 e. The summed E-state index contributed by atoms with van der Waals surface area (Å²) in [6.45, 7) is -0.745. The van der Waals surface area contributed by atoms with Gasteiger partial charge in [-0.3, -0.25) is 9.59 Å². The number of aliphatic hydroxyl groups excluding tert-OH is 1. The predicted octanol–water partition coefficient (Wildman–Crippen LogP) is -1.04. The van der Waals surface area contributed by atoms with Crippen LogP contribution in [0.2, 0.25) is 0 Å². The van der Waals surface area contributed by atoms with Crippen molar-refractivity contribution in [1.82, 2.24) is 10.6 Å². The van der Waals surface area contributed by atoms with Crippen LogP contribution in [0.1, 0.15) is 17.0 Å². The van der Waals surface area contributed by atoms with Gasteiger partial charge in [0.1, 0.15) is 6.04 Å². The first-order valence-electron chi connectivity index (χ1n) is 5.49. The molecule has 19 heavy (non-hydrogen) atoms. The van der Waals surface area contributed by atoms with E-state index >= 15 is 0 Å². The highest BCUT2D eigenvalue weighted by Crippen LogP contribution is 1.98. The smallest absolute Gasteiger partial charge is 0.326 e. The van der Waals surface area contributed by atoms with E-state index in [1.165, 1.54) is 18.4 Å². The fourth-order valence-electron chi connectivity index (χ4n) is 1.29. The molecule has 0 bridgehead atoms. The molecule has 1 heterocycles. The molecule has 0 aromatic carbocycles. The lowest BCUT2D eigenvalue weighted by Gasteiger charge is -2.13. The van der Waals surface area contributed by atoms with Gasteiger partial charge in [-0.15, -0.1) is 0 Å². The third-order valence-corrected chi connectivity index (χ3v) is 2.21. The number of carbonyl (C=O) groups is 3. The maximum atomic E-state index is 11.4. The van der Waals surface area contributed by atoms with Gasteiger partial charge >= 0.3 is 5.97 Å². The number of aliphatic hydroxyl groups is 1. The average Bonchev–Trinajstić information content (AvgIpc) is 2.89. The van der Waals surface area contributed by atoms with Crippen LogP contribution in [0.3, 0.4) is 0 Å². The van der Waals surface area contributed by atoms with Gasteiger partial charge in [-0.05, 0) is 12.1 Å². The number of carboxylic acids is 1. The van der Waals surface area contributed by atoms with E-state index < -0.39 is 23.8 Å². The van der Waals surface area contributed by atoms with Crippen LogP contribution in [0.4, 0.5) is 0 Å². The molecule has 104 valence electrons. The molecule has 0 spiro atoms. The molecule has 0 aliphatic rings. The van der Waals surface area contributed by atoms with Crippen molar-refractivity contribution in [2.75, 3.05) is 13.2 Å². The Morgan fingerprint density at radius 3 is 2.63 bits per heavy atom. The molecule has 0 saturated heterocycles. The molecule has 4 N–H and O–H groups in total. The van der Waals surface area contributed by atoms with Gasteiger partial charge < -0.3 is 25.3 Å². The summed E-state index contributed by atoms with van der Waals surface area (Å²) in [4.78, 5) is 33.5. The fourth-order valence-corrected chi connectivity index (χ4v) is 1.29. The van der Waals surface area contributed by atoms with E-state index in [1.54, 1.807) is 0 Å². The number of carboxylic acid groups (broad SMARTS) is 1. The second kappa shape index (κ2) is 7.17. The molecule has 2 amide bonds. The summed E-state index contributed by atoms with van der Waals surface area (Å²) < 4.78 is 4.81. The zero-order valence-electron chi connectivity index (χ0n) is 9.96. The van der Waals surface area contributed by atoms with Gasteiger partial charge in [0, 0.05) is 13.0 Å². The molecular formula is C11H14N2O6. The summed E-state index contributed by atoms with van der Waals surface area (Å²) in [6.07, 6.45) is 1.21. The Bertz CT molecular complexity index is 442. The highest BCUT2D eigenvalue weighted by atomic mass is 16.4. The van der Waals surface area contributed by atoms with Gasteiger partial charge in [0.15, 0.2) is 5.76 Å². The van der Waals surface area contributed by atoms with Gasteiger partial charge in [-0.2, -0.15) is 0 Å². The normalized spacial score (nSPS) is 11.6. The van der Waals surface area contributed by atoms with E-state index in [1.807, 2.05) is 0 Å². The van der Waals surface area contributed by atoms with Crippen molar-refractivity contribution < 1.29 is 29.0 Å². The van der Waals surface area contributed by atoms with Crippen molar-refractivity contribution in [1.29, 1.82) is 0 Å². The highest BCUT2D eigenvalue weighted by Gasteiger charge is 2.19. The van der Waals surface area contributed by atoms with Gasteiger partial charge in [-0.1, -0.05) is 0 Å². The summed E-state index contributed by atoms with van der Waals surface area (Å²) >= 11 is 0. The van der Waals surface area contributed by atoms with Gasteiger partial charge in [-0.25, -0.2) is 4.79 Å². The molecule has 0 aliphatic carbocycles. The number of carbonyl (C=O) groups excluding carboxylic acids is 2. The fraction of sp³-hybridized carbons (Fsp3) is 0.364. The van der Waals surface area contributed by atoms with E-state index in [0.29, 0.717) is 0 Å². The van der Waals surface area contributed by atoms with Gasteiger partial charge in [0.05, 0.1) is 12.8 Å². The van der Waals surface area contributed by atoms with E-state index in [4.69, 9.17) is 14.6 Å². The van der Waals surface area contributed by atoms with Crippen LogP contribution >= 0.6 is 0 Å². The predicted molar refractivity (Wildman–Crippen MR) is 62.3 cm³/mol. The minimum absolute atomic E-state index is 0.0537. The van der Waals surface area contributed by atoms with Crippen molar-refractivity contribution in [3.63, 3.8) is 0 Å². The Balaban J connectivity index is 2.38. The molecule has 1 rings (SSSR count). The molecule has 0 aliphatic heterocycles. The summed E-state index contributed by atoms with van der Waals surface area (Å²) in [5.41, 5.74) is 0. The number of hydrogen-bond acceptors (Lipinski definition) is 5. The molecule has 0 radical (unpaired) electrons. The van der Waals surface area contributed by atoms with Gasteiger partial charge in [0.25, 0.3) is 5.91 Å². The zero-order valence-corrected chi connectivity index (χ0v) is 9.96. The summed E-state index contributed by atoms with van der Waals surface area (Å²) in [7, 11) is 0. The third kappa shape index (κ3) is 4.80. The quantitative estimate of drug-likeness (QED) is 0.501. The van der Waals surface area contributed by atoms with E-state index in [0.717, 1.165) is 0 Å². The molecule has 1 atom stereocenters. The Kier molecular flexibility index (Phi) is 5.55. The SMILES string of the molecule is O=C(CNC(=O)c1ccco1)N[C@@H](CCO)C(=O)O. The number of hydrogen-bond donors (Lipinski definition) is 4. The van der Waals surface area contributed by atoms with E-state index in [2.05, 4.69) is 10.6 Å². The second-order valence-corrected chi connectivity index (χ2v) is 3.63. The van der Waals surface area contributed by atoms with Crippen LogP contribution < -0.4 is 10.6 Å². The molecule has 0 unspecified atom stereocenters. The number of aliphatic carboxylic acids is 1. The number of amides is 2. The summed E-state index contributed by atoms with van der Waals surface area (Å²) in [6, 6.07) is 1.77. The maximum absolute atomic E-state index is 11.4. The standard InChI is InChI=1S/C11H14N2O6/c14-4-3-7(11(17)18)13-9(15)6-12-10(16)8-2-1-5-19-8/h1-2,5,7,14H,3-4,6H2,(H,12,16)(H,13,15)(H,17,18)/t7-/m0/s1. The largest absolute Gasteiger partial charge is 0.480 e. The minimum atomic E-state index is -1.25. The molecule has 8 nitrogen and oxygen atoms in total. The lowest BCUT2D eigenvalue weighted by molar-refractivity contribution is -0.142. The van der Waals surface area contributed by atoms with Crippen LogP contribution in [-0.2, 0) is 9.59 Å². The Morgan fingerprint density at radius 2 is 2.11 bits per heavy atom. The van der Waals surface area contributed by atoms with Crippen LogP contribution in [0.5, 0.6) is 0 Å². The first-order chi connectivity index (χ1) is 9.04. The average molecular weight is 270 g/mol. The van der Waals surface area contributed by atoms with Crippen molar-refractivity contribution in [2.45, 2.75) is 12.5 Å². The summed E-state index contributed by atoms with van der Waals surface area (Å²) in [5, 5.41) is 21.8. The summed E-state index contributed by atoms with van der Waals surface area (Å²) in [5.74, 6) is -2.44. The van der Waals surface area contributed by atoms with Crippen molar-refractivity contribution >= 4 is 17.8 Å². The van der Waals surface area contributed by atoms with E-state index in [9.17, 15) is 14.4 Å². The third-order valence-electron chi connectivity index (χ3n) is 2.21. The molecule has 1 aromatic rings. The van der Waals surface area contributed by atoms with Crippen molar-refractivity contribution in [3.05, 3.63) is 24.2 Å². The Morgan fingerprint density at radius 1 is 1.37 bits per heavy atom. The first-order valence-corrected chi connectivity index (χ1v) is 5.49. The van der Waals surface area contributed by atoms with Crippen LogP contribution in [0, 0.1) is 0 Å². The molecule has 1 aromatic heterocycles. The van der Waals surface area contributed by atoms with Crippen LogP contribution in [-0.4, -0.2) is 47.2 Å². The zero-order chi connectivity index (χ0) is 14.3. The van der Waals surface area contributed by atoms with Crippen LogP contribution in [0.15, 0.2) is 22.8 Å². The lowest BCUT2D eigenvalue weighted by atomic mass is 10.2. The monoisotopic (exact) mass is 270 g/mol. The topological polar surface area (TPSA) is 129 Å². The van der Waals surface area contributed by atoms with Gasteiger partial charge in [0.2, 0.25) is 5.91 Å². The number of nitrogens with one attached hydrogen (secondary N) is 2. The molecule has 0 saturated carbocycles. The second-order valence-electron chi connectivity index (χ2n) is 3.63. The number of rotatable bonds is 7. The van der Waals surface area contributed by atoms with Crippen molar-refractivity contribution in [3.8, 4) is 0 Å². The van der Waals surface area contributed by atoms with Crippen molar-refractivity contribution in [2.24, 2.45) is 0 Å². The maximum Gasteiger partial charge on any atom is 0.326 e. The van der Waals surface area contributed by atoms with E-state index in [-0.39, 0.29) is 25.3 Å². The Hall–Kier alpha value is -2.35. The van der Waals surface area contributed by atoms with Crippen LogP contribution in [0.25, 0.3) is 0 Å². The highest BCUT2D eigenvalue weighted by molar-refractivity contribution is 5.94. The molecule has 8 heteroatoms. The Labute approximate surface area is 108 Å². The molecular weight excluding hydrogens is 256 g/mol. The lowest BCUT2D eigenvalue weighted by Crippen LogP contribution is -2.45. The molecule has 0 fully saturated rings.